The third kappa shape index (κ3) is 5.82. The van der Waals surface area contributed by atoms with Crippen LogP contribution in [0.4, 0.5) is 0 Å². The van der Waals surface area contributed by atoms with Crippen molar-refractivity contribution in [1.82, 2.24) is 0 Å². The second kappa shape index (κ2) is 3.99. The van der Waals surface area contributed by atoms with E-state index in [2.05, 4.69) is 24.3 Å². The Hall–Kier alpha value is -0.180. The van der Waals surface area contributed by atoms with Crippen LogP contribution in [0.5, 0.6) is 0 Å². The van der Waals surface area contributed by atoms with Crippen molar-refractivity contribution in [3.63, 3.8) is 0 Å². The average Bonchev–Trinajstić information content (AvgIpc) is 1.61. The zero-order valence-electron chi connectivity index (χ0n) is 3.89. The van der Waals surface area contributed by atoms with Gasteiger partial charge in [0.15, 0.2) is 0 Å². The van der Waals surface area contributed by atoms with Crippen molar-refractivity contribution >= 4 is 18.6 Å². The molecule has 0 spiro atoms. The van der Waals surface area contributed by atoms with Crippen LogP contribution in [0.3, 0.4) is 0 Å². The lowest BCUT2D eigenvalue weighted by molar-refractivity contribution is -0.137. The molecule has 0 saturated carbocycles. The standard InChI is InChI=1S/C4H7O2S/c1-4(5)6-2-3-7/h7H,1-3H2. The maximum Gasteiger partial charge on any atom is 0.306 e. The van der Waals surface area contributed by atoms with E-state index in [1.54, 1.807) is 0 Å². The van der Waals surface area contributed by atoms with E-state index in [0.29, 0.717) is 12.4 Å². The molecule has 0 unspecified atom stereocenters. The van der Waals surface area contributed by atoms with E-state index in [1.165, 1.54) is 0 Å². The van der Waals surface area contributed by atoms with Crippen molar-refractivity contribution in [3.8, 4) is 0 Å². The van der Waals surface area contributed by atoms with Crippen LogP contribution < -0.4 is 0 Å². The fourth-order valence-electron chi connectivity index (χ4n) is 0.159. The van der Waals surface area contributed by atoms with Gasteiger partial charge >= 0.3 is 5.97 Å². The molecule has 0 aromatic rings. The van der Waals surface area contributed by atoms with Crippen LogP contribution in [0.1, 0.15) is 0 Å². The second-order valence-corrected chi connectivity index (χ2v) is 1.39. The van der Waals surface area contributed by atoms with Crippen molar-refractivity contribution in [3.05, 3.63) is 6.92 Å². The molecule has 0 N–H and O–H groups in total. The summed E-state index contributed by atoms with van der Waals surface area (Å²) in [5, 5.41) is 0. The maximum absolute atomic E-state index is 9.84. The summed E-state index contributed by atoms with van der Waals surface area (Å²) in [6.07, 6.45) is 0. The number of esters is 1. The number of rotatable bonds is 2. The van der Waals surface area contributed by atoms with Gasteiger partial charge in [-0.05, 0) is 0 Å². The molecule has 0 amide bonds. The summed E-state index contributed by atoms with van der Waals surface area (Å²) in [5.41, 5.74) is 0. The van der Waals surface area contributed by atoms with Gasteiger partial charge in [-0.2, -0.15) is 12.6 Å². The van der Waals surface area contributed by atoms with Gasteiger partial charge in [0.25, 0.3) is 0 Å². The number of thiol groups is 1. The highest BCUT2D eigenvalue weighted by Gasteiger charge is 1.86. The molecule has 0 aliphatic rings. The minimum Gasteiger partial charge on any atom is -0.465 e. The normalized spacial score (nSPS) is 8.29. The highest BCUT2D eigenvalue weighted by Crippen LogP contribution is 1.76. The lowest BCUT2D eigenvalue weighted by Gasteiger charge is -1.93. The van der Waals surface area contributed by atoms with Crippen LogP contribution in [0.25, 0.3) is 0 Å². The Balaban J connectivity index is 2.82. The van der Waals surface area contributed by atoms with Crippen LogP contribution in [0.15, 0.2) is 0 Å². The fraction of sp³-hybridized carbons (Fsp3) is 0.500. The molecule has 0 aromatic heterocycles. The van der Waals surface area contributed by atoms with Gasteiger partial charge in [0.1, 0.15) is 6.61 Å². The molecule has 0 atom stereocenters. The fourth-order valence-corrected chi connectivity index (χ4v) is 0.251. The van der Waals surface area contributed by atoms with E-state index in [-0.39, 0.29) is 0 Å². The molecule has 0 heterocycles. The predicted molar refractivity (Wildman–Crippen MR) is 30.2 cm³/mol. The number of carbonyl (C=O) groups excluding carboxylic acids is 1. The van der Waals surface area contributed by atoms with E-state index >= 15 is 0 Å². The zero-order valence-corrected chi connectivity index (χ0v) is 4.78. The lowest BCUT2D eigenvalue weighted by Crippen LogP contribution is -2.00. The summed E-state index contributed by atoms with van der Waals surface area (Å²) in [6, 6.07) is 0. The summed E-state index contributed by atoms with van der Waals surface area (Å²) in [4.78, 5) is 9.84. The van der Waals surface area contributed by atoms with Crippen LogP contribution >= 0.6 is 12.6 Å². The Morgan fingerprint density at radius 2 is 2.43 bits per heavy atom. The van der Waals surface area contributed by atoms with Crippen molar-refractivity contribution in [2.75, 3.05) is 12.4 Å². The van der Waals surface area contributed by atoms with Crippen molar-refractivity contribution in [2.45, 2.75) is 0 Å². The highest BCUT2D eigenvalue weighted by molar-refractivity contribution is 7.80. The van der Waals surface area contributed by atoms with Gasteiger partial charge in [-0.25, -0.2) is 0 Å². The number of carbonyl (C=O) groups is 1. The Morgan fingerprint density at radius 3 is 2.57 bits per heavy atom. The number of ether oxygens (including phenoxy) is 1. The van der Waals surface area contributed by atoms with Crippen LogP contribution in [-0.2, 0) is 9.53 Å². The van der Waals surface area contributed by atoms with Crippen LogP contribution in [-0.4, -0.2) is 18.3 Å². The number of hydrogen-bond donors (Lipinski definition) is 1. The minimum atomic E-state index is -0.492. The molecular formula is C4H7O2S. The molecule has 3 heteroatoms. The summed E-state index contributed by atoms with van der Waals surface area (Å²) < 4.78 is 4.36. The molecule has 0 bridgehead atoms. The quantitative estimate of drug-likeness (QED) is 0.418. The summed E-state index contributed by atoms with van der Waals surface area (Å²) in [5.74, 6) is 0.0652. The van der Waals surface area contributed by atoms with Gasteiger partial charge in [0.05, 0.1) is 6.92 Å². The molecule has 0 aliphatic carbocycles. The molecule has 7 heavy (non-hydrogen) atoms. The lowest BCUT2D eigenvalue weighted by atomic mass is 10.8. The zero-order chi connectivity index (χ0) is 5.70. The third-order valence-electron chi connectivity index (χ3n) is 0.354. The molecule has 0 saturated heterocycles. The predicted octanol–water partition coefficient (Wildman–Crippen LogP) is 0.293. The van der Waals surface area contributed by atoms with E-state index in [4.69, 9.17) is 0 Å². The first-order chi connectivity index (χ1) is 3.27. The summed E-state index contributed by atoms with van der Waals surface area (Å²) in [7, 11) is 0. The smallest absolute Gasteiger partial charge is 0.306 e. The van der Waals surface area contributed by atoms with E-state index in [9.17, 15) is 4.79 Å². The van der Waals surface area contributed by atoms with Gasteiger partial charge in [-0.1, -0.05) is 0 Å². The largest absolute Gasteiger partial charge is 0.465 e. The van der Waals surface area contributed by atoms with Gasteiger partial charge in [0, 0.05) is 5.75 Å². The minimum absolute atomic E-state index is 0.353. The van der Waals surface area contributed by atoms with Gasteiger partial charge in [-0.3, -0.25) is 4.79 Å². The first-order valence-electron chi connectivity index (χ1n) is 1.87. The van der Waals surface area contributed by atoms with Gasteiger partial charge in [0.2, 0.25) is 0 Å². The molecule has 0 fully saturated rings. The first kappa shape index (κ1) is 6.82. The molecular weight excluding hydrogens is 112 g/mol. The molecule has 41 valence electrons. The SMILES string of the molecule is [CH2]C(=O)OCCS. The molecule has 0 aromatic carbocycles. The molecule has 1 radical (unpaired) electrons. The van der Waals surface area contributed by atoms with Crippen molar-refractivity contribution in [2.24, 2.45) is 0 Å². The Kier molecular flexibility index (Phi) is 3.89. The molecule has 0 rings (SSSR count). The molecule has 2 nitrogen and oxygen atoms in total. The highest BCUT2D eigenvalue weighted by atomic mass is 32.1. The Bertz CT molecular complexity index is 62.7. The second-order valence-electron chi connectivity index (χ2n) is 0.944. The van der Waals surface area contributed by atoms with E-state index in [1.807, 2.05) is 0 Å². The third-order valence-corrected chi connectivity index (χ3v) is 0.537. The van der Waals surface area contributed by atoms with Gasteiger partial charge < -0.3 is 4.74 Å². The van der Waals surface area contributed by atoms with Crippen LogP contribution in [0, 0.1) is 6.92 Å². The number of hydrogen-bond acceptors (Lipinski definition) is 3. The maximum atomic E-state index is 9.84. The van der Waals surface area contributed by atoms with Crippen molar-refractivity contribution in [1.29, 1.82) is 0 Å². The monoisotopic (exact) mass is 119 g/mol. The Morgan fingerprint density at radius 1 is 1.86 bits per heavy atom. The first-order valence-corrected chi connectivity index (χ1v) is 2.50. The van der Waals surface area contributed by atoms with Crippen molar-refractivity contribution < 1.29 is 9.53 Å². The average molecular weight is 119 g/mol. The van der Waals surface area contributed by atoms with E-state index in [0.717, 1.165) is 0 Å². The van der Waals surface area contributed by atoms with Crippen LogP contribution in [0.2, 0.25) is 0 Å². The van der Waals surface area contributed by atoms with E-state index < -0.39 is 5.97 Å². The van der Waals surface area contributed by atoms with Gasteiger partial charge in [-0.15, -0.1) is 0 Å². The Labute approximate surface area is 48.3 Å². The topological polar surface area (TPSA) is 26.3 Å². The summed E-state index contributed by atoms with van der Waals surface area (Å²) in [6.45, 7) is 3.33. The summed E-state index contributed by atoms with van der Waals surface area (Å²) >= 11 is 3.79. The molecule has 0 aliphatic heterocycles.